The zero-order valence-corrected chi connectivity index (χ0v) is 17.8. The van der Waals surface area contributed by atoms with E-state index in [4.69, 9.17) is 0 Å². The summed E-state index contributed by atoms with van der Waals surface area (Å²) in [5.41, 5.74) is -0.457. The first-order valence-corrected chi connectivity index (χ1v) is 9.86. The van der Waals surface area contributed by atoms with E-state index in [1.807, 2.05) is 6.07 Å². The molecule has 162 valence electrons. The van der Waals surface area contributed by atoms with Gasteiger partial charge in [-0.2, -0.15) is 0 Å². The predicted octanol–water partition coefficient (Wildman–Crippen LogP) is 3.80. The van der Waals surface area contributed by atoms with Gasteiger partial charge in [0.15, 0.2) is 11.6 Å². The number of urea groups is 1. The minimum atomic E-state index is -1.04. The Morgan fingerprint density at radius 1 is 1.00 bits per heavy atom. The number of nitrogens with zero attached hydrogens (tertiary/aromatic N) is 4. The molecule has 1 aromatic heterocycles. The molecule has 32 heavy (non-hydrogen) atoms. The van der Waals surface area contributed by atoms with Crippen LogP contribution < -0.4 is 4.90 Å². The van der Waals surface area contributed by atoms with Crippen LogP contribution in [0, 0.1) is 23.5 Å². The van der Waals surface area contributed by atoms with Gasteiger partial charge in [-0.15, -0.1) is 0 Å². The largest absolute Gasteiger partial charge is 0.340 e. The van der Waals surface area contributed by atoms with Crippen molar-refractivity contribution in [3.8, 4) is 11.8 Å². The smallest absolute Gasteiger partial charge is 0.332 e. The number of aryl methyl sites for hydroxylation is 1. The van der Waals surface area contributed by atoms with Crippen LogP contribution in [0.15, 0.2) is 55.0 Å². The molecule has 0 saturated carbocycles. The van der Waals surface area contributed by atoms with Gasteiger partial charge in [-0.3, -0.25) is 4.79 Å². The van der Waals surface area contributed by atoms with Crippen LogP contribution in [0.25, 0.3) is 0 Å². The van der Waals surface area contributed by atoms with Gasteiger partial charge in [-0.05, 0) is 31.2 Å². The minimum Gasteiger partial charge on any atom is -0.340 e. The fourth-order valence-corrected chi connectivity index (χ4v) is 3.65. The van der Waals surface area contributed by atoms with Crippen molar-refractivity contribution >= 4 is 17.6 Å². The highest BCUT2D eigenvalue weighted by molar-refractivity contribution is 6.16. The van der Waals surface area contributed by atoms with E-state index in [2.05, 4.69) is 16.8 Å². The first kappa shape index (κ1) is 21.2. The number of halogens is 2. The first-order chi connectivity index (χ1) is 15.2. The summed E-state index contributed by atoms with van der Waals surface area (Å²) in [5, 5.41) is 0. The average molecular weight is 434 g/mol. The monoisotopic (exact) mass is 434 g/mol. The molecule has 1 saturated heterocycles. The Labute approximate surface area is 184 Å². The van der Waals surface area contributed by atoms with Crippen LogP contribution in [-0.4, -0.2) is 33.4 Å². The van der Waals surface area contributed by atoms with Gasteiger partial charge in [0, 0.05) is 31.4 Å². The molecule has 0 aliphatic carbocycles. The molecule has 8 heteroatoms. The third-order valence-corrected chi connectivity index (χ3v) is 5.59. The Hall–Kier alpha value is -3.99. The standard InChI is InChI=1S/C24H20F2N4O2/c1-24(20-14-28(2)15-27-20)13-21(31)30(23(32)29(24)3)22-18(25)11-17(12-19(22)26)10-9-16-7-5-4-6-8-16/h4-8,11-12,14-15H,13H2,1-3H3/t24-/m0/s1. The molecular weight excluding hydrogens is 414 g/mol. The molecule has 1 fully saturated rings. The number of hydrogen-bond donors (Lipinski definition) is 0. The molecule has 1 aliphatic rings. The van der Waals surface area contributed by atoms with E-state index >= 15 is 0 Å². The normalized spacial score (nSPS) is 18.5. The SMILES string of the molecule is CN1C(=O)N(c2c(F)cc(C#Cc3ccccc3)cc2F)C(=O)C[C@@]1(C)c1cn(C)cn1. The van der Waals surface area contributed by atoms with Crippen molar-refractivity contribution in [3.05, 3.63) is 83.4 Å². The Kier molecular flexibility index (Phi) is 5.26. The highest BCUT2D eigenvalue weighted by Crippen LogP contribution is 2.38. The van der Waals surface area contributed by atoms with Crippen LogP contribution in [0.4, 0.5) is 19.3 Å². The minimum absolute atomic E-state index is 0.0937. The third kappa shape index (κ3) is 3.62. The maximum atomic E-state index is 14.9. The van der Waals surface area contributed by atoms with Crippen molar-refractivity contribution in [2.24, 2.45) is 7.05 Å². The number of aromatic nitrogens is 2. The fraction of sp³-hybridized carbons (Fsp3) is 0.208. The average Bonchev–Trinajstić information content (AvgIpc) is 3.20. The van der Waals surface area contributed by atoms with E-state index in [0.717, 1.165) is 12.1 Å². The summed E-state index contributed by atoms with van der Waals surface area (Å²) in [7, 11) is 3.25. The summed E-state index contributed by atoms with van der Waals surface area (Å²) in [4.78, 5) is 32.1. The lowest BCUT2D eigenvalue weighted by Gasteiger charge is -2.44. The molecule has 0 spiro atoms. The summed E-state index contributed by atoms with van der Waals surface area (Å²) in [5.74, 6) is 2.72. The highest BCUT2D eigenvalue weighted by Gasteiger charge is 2.48. The first-order valence-electron chi connectivity index (χ1n) is 9.86. The van der Waals surface area contributed by atoms with Crippen LogP contribution in [0.5, 0.6) is 0 Å². The second-order valence-electron chi connectivity index (χ2n) is 7.85. The predicted molar refractivity (Wildman–Crippen MR) is 115 cm³/mol. The third-order valence-electron chi connectivity index (χ3n) is 5.59. The maximum Gasteiger partial charge on any atom is 0.332 e. The molecule has 3 amide bonds. The molecule has 2 aromatic carbocycles. The molecule has 6 nitrogen and oxygen atoms in total. The highest BCUT2D eigenvalue weighted by atomic mass is 19.1. The summed E-state index contributed by atoms with van der Waals surface area (Å²) >= 11 is 0. The Balaban J connectivity index is 1.67. The Bertz CT molecular complexity index is 1250. The number of anilines is 1. The lowest BCUT2D eigenvalue weighted by atomic mass is 9.89. The van der Waals surface area contributed by atoms with E-state index in [0.29, 0.717) is 16.2 Å². The fourth-order valence-electron chi connectivity index (χ4n) is 3.65. The molecule has 0 bridgehead atoms. The summed E-state index contributed by atoms with van der Waals surface area (Å²) in [6.45, 7) is 1.69. The molecule has 4 rings (SSSR count). The molecule has 1 atom stereocenters. The van der Waals surface area contributed by atoms with Gasteiger partial charge in [-0.1, -0.05) is 30.0 Å². The van der Waals surface area contributed by atoms with Gasteiger partial charge in [-0.25, -0.2) is 23.5 Å². The zero-order chi connectivity index (χ0) is 23.0. The summed E-state index contributed by atoms with van der Waals surface area (Å²) in [6.07, 6.45) is 3.08. The molecule has 0 N–H and O–H groups in total. The number of benzene rings is 2. The lowest BCUT2D eigenvalue weighted by Crippen LogP contribution is -2.60. The number of hydrogen-bond acceptors (Lipinski definition) is 3. The van der Waals surface area contributed by atoms with Gasteiger partial charge in [0.2, 0.25) is 5.91 Å². The summed E-state index contributed by atoms with van der Waals surface area (Å²) in [6, 6.07) is 10.2. The van der Waals surface area contributed by atoms with Gasteiger partial charge in [0.25, 0.3) is 0 Å². The van der Waals surface area contributed by atoms with Crippen LogP contribution in [-0.2, 0) is 17.4 Å². The van der Waals surface area contributed by atoms with E-state index in [9.17, 15) is 18.4 Å². The molecular formula is C24H20F2N4O2. The topological polar surface area (TPSA) is 58.4 Å². The number of imidazole rings is 1. The van der Waals surface area contributed by atoms with Crippen molar-refractivity contribution in [1.82, 2.24) is 14.5 Å². The number of carbonyl (C=O) groups excluding carboxylic acids is 2. The van der Waals surface area contributed by atoms with E-state index in [1.54, 1.807) is 55.3 Å². The van der Waals surface area contributed by atoms with Crippen LogP contribution in [0.2, 0.25) is 0 Å². The van der Waals surface area contributed by atoms with Crippen LogP contribution in [0.1, 0.15) is 30.2 Å². The van der Waals surface area contributed by atoms with Crippen LogP contribution in [0.3, 0.4) is 0 Å². The number of rotatable bonds is 2. The zero-order valence-electron chi connectivity index (χ0n) is 17.8. The number of amides is 3. The van der Waals surface area contributed by atoms with Gasteiger partial charge >= 0.3 is 6.03 Å². The van der Waals surface area contributed by atoms with Crippen molar-refractivity contribution in [1.29, 1.82) is 0 Å². The van der Waals surface area contributed by atoms with Crippen molar-refractivity contribution in [3.63, 3.8) is 0 Å². The second kappa shape index (κ2) is 7.93. The molecule has 1 aliphatic heterocycles. The van der Waals surface area contributed by atoms with Gasteiger partial charge in [0.05, 0.1) is 24.0 Å². The van der Waals surface area contributed by atoms with Crippen LogP contribution >= 0.6 is 0 Å². The van der Waals surface area contributed by atoms with Gasteiger partial charge in [0.1, 0.15) is 5.69 Å². The van der Waals surface area contributed by atoms with E-state index < -0.39 is 34.8 Å². The van der Waals surface area contributed by atoms with Crippen molar-refractivity contribution in [2.75, 3.05) is 11.9 Å². The molecule has 0 radical (unpaired) electrons. The number of carbonyl (C=O) groups is 2. The summed E-state index contributed by atoms with van der Waals surface area (Å²) < 4.78 is 31.6. The number of imide groups is 1. The molecule has 2 heterocycles. The Morgan fingerprint density at radius 2 is 1.62 bits per heavy atom. The molecule has 0 unspecified atom stereocenters. The second-order valence-corrected chi connectivity index (χ2v) is 7.85. The molecule has 3 aromatic rings. The van der Waals surface area contributed by atoms with E-state index in [1.165, 1.54) is 11.9 Å². The van der Waals surface area contributed by atoms with Crippen molar-refractivity contribution < 1.29 is 18.4 Å². The maximum absolute atomic E-state index is 14.9. The lowest BCUT2D eigenvalue weighted by molar-refractivity contribution is -0.122. The van der Waals surface area contributed by atoms with Crippen molar-refractivity contribution in [2.45, 2.75) is 18.9 Å². The van der Waals surface area contributed by atoms with E-state index in [-0.39, 0.29) is 12.0 Å². The Morgan fingerprint density at radius 3 is 2.22 bits per heavy atom. The van der Waals surface area contributed by atoms with Gasteiger partial charge < -0.3 is 9.47 Å². The quantitative estimate of drug-likeness (QED) is 0.577.